The van der Waals surface area contributed by atoms with Crippen molar-refractivity contribution < 1.29 is 39.1 Å². The SMILES string of the molecule is CC(C)C(=O)O[C@H]1C[C@@](C)(O)[C@]23O[C@H]2C[C@](C)(O)[C@]3(O)[C@H]2OC(=O)[C@@H](C)[C@H]12. The fraction of sp³-hybridized carbons (Fsp3) is 0.895. The maximum atomic E-state index is 12.4. The Labute approximate surface area is 157 Å². The number of ether oxygens (including phenoxy) is 3. The normalized spacial score (nSPS) is 56.0. The van der Waals surface area contributed by atoms with Gasteiger partial charge in [-0.3, -0.25) is 9.59 Å². The number of carbonyl (C=O) groups excluding carboxylic acids is 2. The Hall–Kier alpha value is -1.22. The maximum absolute atomic E-state index is 12.4. The predicted octanol–water partition coefficient (Wildman–Crippen LogP) is -0.0900. The van der Waals surface area contributed by atoms with Crippen LogP contribution in [-0.4, -0.2) is 68.0 Å². The first-order valence-electron chi connectivity index (χ1n) is 9.56. The number of hydrogen-bond acceptors (Lipinski definition) is 8. The average molecular weight is 384 g/mol. The van der Waals surface area contributed by atoms with Crippen molar-refractivity contribution in [2.75, 3.05) is 0 Å². The molecule has 4 rings (SSSR count). The Morgan fingerprint density at radius 1 is 1.19 bits per heavy atom. The van der Waals surface area contributed by atoms with Crippen molar-refractivity contribution in [2.45, 2.75) is 88.2 Å². The highest BCUT2D eigenvalue weighted by Crippen LogP contribution is 2.70. The van der Waals surface area contributed by atoms with Crippen LogP contribution < -0.4 is 0 Å². The summed E-state index contributed by atoms with van der Waals surface area (Å²) in [4.78, 5) is 24.7. The Bertz CT molecular complexity index is 700. The van der Waals surface area contributed by atoms with Crippen molar-refractivity contribution in [2.24, 2.45) is 17.8 Å². The molecule has 4 fully saturated rings. The second-order valence-corrected chi connectivity index (χ2v) is 9.42. The van der Waals surface area contributed by atoms with Gasteiger partial charge >= 0.3 is 11.9 Å². The molecule has 8 heteroatoms. The highest BCUT2D eigenvalue weighted by Gasteiger charge is 2.91. The van der Waals surface area contributed by atoms with Crippen LogP contribution in [0.25, 0.3) is 0 Å². The zero-order chi connectivity index (χ0) is 20.2. The number of rotatable bonds is 2. The molecular formula is C19H28O8. The largest absolute Gasteiger partial charge is 0.462 e. The number of aliphatic hydroxyl groups is 3. The van der Waals surface area contributed by atoms with Gasteiger partial charge in [0.2, 0.25) is 0 Å². The van der Waals surface area contributed by atoms with Crippen molar-refractivity contribution in [1.82, 2.24) is 0 Å². The number of hydrogen-bond donors (Lipinski definition) is 3. The smallest absolute Gasteiger partial charge is 0.309 e. The van der Waals surface area contributed by atoms with Gasteiger partial charge in [-0.05, 0) is 13.8 Å². The molecule has 1 spiro atoms. The minimum absolute atomic E-state index is 0.0253. The van der Waals surface area contributed by atoms with E-state index < -0.39 is 70.4 Å². The Morgan fingerprint density at radius 2 is 1.81 bits per heavy atom. The third kappa shape index (κ3) is 2.07. The van der Waals surface area contributed by atoms with E-state index in [9.17, 15) is 24.9 Å². The van der Waals surface area contributed by atoms with Gasteiger partial charge in [-0.2, -0.15) is 0 Å². The minimum atomic E-state index is -2.02. The second-order valence-electron chi connectivity index (χ2n) is 9.42. The molecule has 0 amide bonds. The van der Waals surface area contributed by atoms with Gasteiger partial charge in [0.1, 0.15) is 17.8 Å². The summed E-state index contributed by atoms with van der Waals surface area (Å²) in [5, 5.41) is 34.1. The van der Waals surface area contributed by atoms with Gasteiger partial charge in [-0.15, -0.1) is 0 Å². The van der Waals surface area contributed by atoms with Gasteiger partial charge in [0, 0.05) is 18.8 Å². The van der Waals surface area contributed by atoms with Crippen LogP contribution in [0.3, 0.4) is 0 Å². The molecule has 152 valence electrons. The Kier molecular flexibility index (Phi) is 3.70. The lowest BCUT2D eigenvalue weighted by atomic mass is 9.68. The summed E-state index contributed by atoms with van der Waals surface area (Å²) >= 11 is 0. The van der Waals surface area contributed by atoms with E-state index in [1.165, 1.54) is 13.8 Å². The maximum Gasteiger partial charge on any atom is 0.309 e. The Morgan fingerprint density at radius 3 is 2.41 bits per heavy atom. The van der Waals surface area contributed by atoms with Gasteiger partial charge in [0.25, 0.3) is 0 Å². The fourth-order valence-corrected chi connectivity index (χ4v) is 5.73. The standard InChI is InChI=1S/C19H28O8/c1-8(2)14(20)25-10-6-17(5,23)19-11(27-19)7-16(4,22)18(19,24)13-12(10)9(3)15(21)26-13/h8-13,22-24H,6-7H2,1-5H3/t9-,10-,11-,12+,13-,16-,17+,18+,19+/m0/s1. The van der Waals surface area contributed by atoms with E-state index in [2.05, 4.69) is 0 Å². The first-order chi connectivity index (χ1) is 12.3. The number of epoxide rings is 1. The molecule has 8 nitrogen and oxygen atoms in total. The van der Waals surface area contributed by atoms with Crippen molar-refractivity contribution in [3.63, 3.8) is 0 Å². The van der Waals surface area contributed by atoms with E-state index in [1.54, 1.807) is 20.8 Å². The number of esters is 2. The van der Waals surface area contributed by atoms with Gasteiger partial charge in [-0.25, -0.2) is 0 Å². The molecule has 2 saturated carbocycles. The summed E-state index contributed by atoms with van der Waals surface area (Å²) in [5.41, 5.74) is -6.72. The molecule has 4 aliphatic rings. The molecule has 0 radical (unpaired) electrons. The highest BCUT2D eigenvalue weighted by atomic mass is 16.7. The van der Waals surface area contributed by atoms with Crippen LogP contribution in [0.2, 0.25) is 0 Å². The molecule has 2 aliphatic heterocycles. The van der Waals surface area contributed by atoms with Crippen LogP contribution in [0.15, 0.2) is 0 Å². The lowest BCUT2D eigenvalue weighted by molar-refractivity contribution is -0.250. The van der Waals surface area contributed by atoms with E-state index >= 15 is 0 Å². The second kappa shape index (κ2) is 5.23. The van der Waals surface area contributed by atoms with Crippen LogP contribution in [0.4, 0.5) is 0 Å². The highest BCUT2D eigenvalue weighted by molar-refractivity contribution is 5.76. The summed E-state index contributed by atoms with van der Waals surface area (Å²) in [6.07, 6.45) is -2.48. The molecule has 2 aliphatic carbocycles. The summed E-state index contributed by atoms with van der Waals surface area (Å²) in [5.74, 6) is -2.74. The molecule has 3 N–H and O–H groups in total. The van der Waals surface area contributed by atoms with Gasteiger partial charge in [0.15, 0.2) is 11.2 Å². The summed E-state index contributed by atoms with van der Waals surface area (Å²) in [6, 6.07) is 0. The van der Waals surface area contributed by atoms with E-state index in [1.807, 2.05) is 0 Å². The van der Waals surface area contributed by atoms with Gasteiger partial charge in [-0.1, -0.05) is 20.8 Å². The lowest BCUT2D eigenvalue weighted by Crippen LogP contribution is -2.70. The average Bonchev–Trinajstić information content (AvgIpc) is 3.14. The molecule has 9 atom stereocenters. The zero-order valence-electron chi connectivity index (χ0n) is 16.3. The summed E-state index contributed by atoms with van der Waals surface area (Å²) < 4.78 is 17.0. The number of carbonyl (C=O) groups is 2. The van der Waals surface area contributed by atoms with Crippen molar-refractivity contribution >= 4 is 11.9 Å². The van der Waals surface area contributed by atoms with Crippen LogP contribution in [0.5, 0.6) is 0 Å². The zero-order valence-corrected chi connectivity index (χ0v) is 16.3. The topological polar surface area (TPSA) is 126 Å². The Balaban J connectivity index is 1.85. The molecule has 0 aromatic rings. The van der Waals surface area contributed by atoms with E-state index in [0.29, 0.717) is 0 Å². The van der Waals surface area contributed by atoms with E-state index in [4.69, 9.17) is 14.2 Å². The predicted molar refractivity (Wildman–Crippen MR) is 90.3 cm³/mol. The van der Waals surface area contributed by atoms with Crippen LogP contribution in [-0.2, 0) is 23.8 Å². The van der Waals surface area contributed by atoms with Gasteiger partial charge < -0.3 is 29.5 Å². The monoisotopic (exact) mass is 384 g/mol. The van der Waals surface area contributed by atoms with Crippen molar-refractivity contribution in [3.8, 4) is 0 Å². The molecule has 2 saturated heterocycles. The van der Waals surface area contributed by atoms with E-state index in [0.717, 1.165) is 0 Å². The molecule has 2 heterocycles. The third-order valence-corrected chi connectivity index (χ3v) is 7.22. The first kappa shape index (κ1) is 19.1. The van der Waals surface area contributed by atoms with Crippen LogP contribution in [0.1, 0.15) is 47.5 Å². The summed E-state index contributed by atoms with van der Waals surface area (Å²) in [7, 11) is 0. The molecule has 27 heavy (non-hydrogen) atoms. The molecular weight excluding hydrogens is 356 g/mol. The molecule has 0 aromatic heterocycles. The lowest BCUT2D eigenvalue weighted by Gasteiger charge is -2.47. The van der Waals surface area contributed by atoms with Crippen molar-refractivity contribution in [3.05, 3.63) is 0 Å². The van der Waals surface area contributed by atoms with Crippen LogP contribution >= 0.6 is 0 Å². The summed E-state index contributed by atoms with van der Waals surface area (Å²) in [6.45, 7) is 8.02. The minimum Gasteiger partial charge on any atom is -0.462 e. The van der Waals surface area contributed by atoms with Crippen LogP contribution in [0, 0.1) is 17.8 Å². The fourth-order valence-electron chi connectivity index (χ4n) is 5.73. The van der Waals surface area contributed by atoms with Gasteiger partial charge in [0.05, 0.1) is 23.5 Å². The third-order valence-electron chi connectivity index (χ3n) is 7.22. The quantitative estimate of drug-likeness (QED) is 0.445. The first-order valence-corrected chi connectivity index (χ1v) is 9.56. The van der Waals surface area contributed by atoms with Crippen molar-refractivity contribution in [1.29, 1.82) is 0 Å². The molecule has 0 bridgehead atoms. The molecule has 0 aromatic carbocycles. The molecule has 0 unspecified atom stereocenters. The van der Waals surface area contributed by atoms with E-state index in [-0.39, 0.29) is 12.8 Å². The number of fused-ring (bicyclic) bond motifs is 2.